The van der Waals surface area contributed by atoms with Gasteiger partial charge in [-0.15, -0.1) is 0 Å². The predicted octanol–water partition coefficient (Wildman–Crippen LogP) is 9.87. The van der Waals surface area contributed by atoms with Crippen molar-refractivity contribution in [3.63, 3.8) is 0 Å². The average Bonchev–Trinajstić information content (AvgIpc) is 3.06. The van der Waals surface area contributed by atoms with E-state index in [0.29, 0.717) is 29.0 Å². The summed E-state index contributed by atoms with van der Waals surface area (Å²) in [6, 6.07) is 20.3. The number of rotatable bonds is 18. The fraction of sp³-hybridized carbons (Fsp3) is 0.425. The van der Waals surface area contributed by atoms with Crippen molar-refractivity contribution >= 4 is 17.9 Å². The first-order valence-electron chi connectivity index (χ1n) is 16.8. The Morgan fingerprint density at radius 2 is 1.02 bits per heavy atom. The summed E-state index contributed by atoms with van der Waals surface area (Å²) in [5, 5.41) is 0. The van der Waals surface area contributed by atoms with Crippen LogP contribution in [-0.4, -0.2) is 24.0 Å². The molecule has 0 bridgehead atoms. The van der Waals surface area contributed by atoms with Gasteiger partial charge < -0.3 is 14.2 Å². The second kappa shape index (κ2) is 20.6. The molecule has 0 spiro atoms. The first-order valence-corrected chi connectivity index (χ1v) is 16.8. The normalized spacial score (nSPS) is 11.2. The molecule has 0 heterocycles. The van der Waals surface area contributed by atoms with E-state index in [2.05, 4.69) is 25.7 Å². The average molecular weight is 625 g/mol. The van der Waals surface area contributed by atoms with E-state index >= 15 is 0 Å². The van der Waals surface area contributed by atoms with Crippen LogP contribution in [0.3, 0.4) is 0 Å². The van der Waals surface area contributed by atoms with E-state index in [0.717, 1.165) is 43.2 Å². The van der Waals surface area contributed by atoms with Crippen LogP contribution >= 0.6 is 0 Å². The molecule has 3 aromatic carbocycles. The van der Waals surface area contributed by atoms with Crippen molar-refractivity contribution < 1.29 is 28.6 Å². The van der Waals surface area contributed by atoms with Gasteiger partial charge in [-0.3, -0.25) is 4.79 Å². The van der Waals surface area contributed by atoms with E-state index in [1.807, 2.05) is 19.1 Å². The van der Waals surface area contributed by atoms with Crippen LogP contribution in [0.1, 0.15) is 136 Å². The van der Waals surface area contributed by atoms with Crippen molar-refractivity contribution in [2.75, 3.05) is 0 Å². The summed E-state index contributed by atoms with van der Waals surface area (Å²) in [6.45, 7) is 6.28. The third-order valence-electron chi connectivity index (χ3n) is 7.62. The molecule has 0 aromatic heterocycles. The minimum atomic E-state index is -0.507. The molecule has 0 N–H and O–H groups in total. The molecule has 1 atom stereocenters. The van der Waals surface area contributed by atoms with Crippen LogP contribution < -0.4 is 9.47 Å². The molecule has 0 saturated carbocycles. The third-order valence-corrected chi connectivity index (χ3v) is 7.62. The lowest BCUT2D eigenvalue weighted by Crippen LogP contribution is -2.15. The van der Waals surface area contributed by atoms with Crippen LogP contribution in [-0.2, 0) is 9.53 Å². The van der Waals surface area contributed by atoms with Gasteiger partial charge in [0.2, 0.25) is 0 Å². The smallest absolute Gasteiger partial charge is 0.343 e. The van der Waals surface area contributed by atoms with Gasteiger partial charge in [0, 0.05) is 17.5 Å². The Morgan fingerprint density at radius 3 is 1.63 bits per heavy atom. The maximum atomic E-state index is 12.7. The highest BCUT2D eigenvalue weighted by molar-refractivity contribution is 5.92. The molecule has 3 aromatic rings. The zero-order valence-corrected chi connectivity index (χ0v) is 27.6. The number of carbonyl (C=O) groups is 3. The Kier molecular flexibility index (Phi) is 16.2. The summed E-state index contributed by atoms with van der Waals surface area (Å²) in [7, 11) is 0. The molecule has 3 rings (SSSR count). The molecular formula is C40H48O6. The Hall–Kier alpha value is -4.37. The molecule has 6 nitrogen and oxygen atoms in total. The van der Waals surface area contributed by atoms with E-state index in [1.54, 1.807) is 60.7 Å². The number of esters is 3. The van der Waals surface area contributed by atoms with Gasteiger partial charge in [-0.25, -0.2) is 9.59 Å². The molecule has 0 radical (unpaired) electrons. The highest BCUT2D eigenvalue weighted by Crippen LogP contribution is 2.18. The second-order valence-electron chi connectivity index (χ2n) is 11.7. The maximum Gasteiger partial charge on any atom is 0.343 e. The van der Waals surface area contributed by atoms with Crippen LogP contribution in [0.15, 0.2) is 72.8 Å². The number of unbranched alkanes of at least 4 members (excludes halogenated alkanes) is 9. The van der Waals surface area contributed by atoms with Crippen LogP contribution in [0.5, 0.6) is 11.5 Å². The highest BCUT2D eigenvalue weighted by atomic mass is 16.5. The molecular weight excluding hydrogens is 576 g/mol. The van der Waals surface area contributed by atoms with Crippen LogP contribution in [0.25, 0.3) is 0 Å². The molecule has 6 heteroatoms. The number of hydrogen-bond donors (Lipinski definition) is 0. The first kappa shape index (κ1) is 36.1. The standard InChI is InChI=1S/C40H48O6/c1-4-6-8-10-11-12-14-16-38(41)45-36-27-21-33(22-28-36)18-17-32-19-23-34(24-20-32)40(43)46-37-29-25-35(26-30-37)39(42)44-31(3)15-13-9-7-5-2/h19-31H,4-16H2,1-3H3/t31-/m0/s1. The Bertz CT molecular complexity index is 1410. The van der Waals surface area contributed by atoms with Gasteiger partial charge in [-0.1, -0.05) is 83.5 Å². The summed E-state index contributed by atoms with van der Waals surface area (Å²) in [5.41, 5.74) is 2.32. The minimum Gasteiger partial charge on any atom is -0.459 e. The fourth-order valence-electron chi connectivity index (χ4n) is 4.84. The van der Waals surface area contributed by atoms with E-state index in [1.165, 1.54) is 44.9 Å². The zero-order valence-electron chi connectivity index (χ0n) is 27.6. The lowest BCUT2D eigenvalue weighted by molar-refractivity contribution is -0.134. The quantitative estimate of drug-likeness (QED) is 0.0607. The van der Waals surface area contributed by atoms with Crippen molar-refractivity contribution in [3.8, 4) is 23.3 Å². The Balaban J connectivity index is 1.42. The van der Waals surface area contributed by atoms with E-state index < -0.39 is 5.97 Å². The molecule has 0 aliphatic rings. The number of carbonyl (C=O) groups excluding carboxylic acids is 3. The Morgan fingerprint density at radius 1 is 0.565 bits per heavy atom. The second-order valence-corrected chi connectivity index (χ2v) is 11.7. The summed E-state index contributed by atoms with van der Waals surface area (Å²) < 4.78 is 16.5. The topological polar surface area (TPSA) is 78.9 Å². The van der Waals surface area contributed by atoms with E-state index in [4.69, 9.17) is 14.2 Å². The largest absolute Gasteiger partial charge is 0.459 e. The lowest BCUT2D eigenvalue weighted by atomic mass is 10.1. The molecule has 0 fully saturated rings. The van der Waals surface area contributed by atoms with Crippen molar-refractivity contribution in [2.45, 2.75) is 110 Å². The fourth-order valence-corrected chi connectivity index (χ4v) is 4.84. The molecule has 0 saturated heterocycles. The zero-order chi connectivity index (χ0) is 33.0. The van der Waals surface area contributed by atoms with Gasteiger partial charge in [0.15, 0.2) is 0 Å². The third kappa shape index (κ3) is 13.7. The monoisotopic (exact) mass is 624 g/mol. The first-order chi connectivity index (χ1) is 22.4. The Labute approximate surface area is 274 Å². The van der Waals surface area contributed by atoms with E-state index in [9.17, 15) is 14.4 Å². The molecule has 46 heavy (non-hydrogen) atoms. The highest BCUT2D eigenvalue weighted by Gasteiger charge is 2.14. The lowest BCUT2D eigenvalue weighted by Gasteiger charge is -2.13. The molecule has 0 amide bonds. The van der Waals surface area contributed by atoms with Gasteiger partial charge in [0.1, 0.15) is 11.5 Å². The van der Waals surface area contributed by atoms with E-state index in [-0.39, 0.29) is 18.0 Å². The summed E-state index contributed by atoms with van der Waals surface area (Å²) in [5.74, 6) is 5.93. The molecule has 0 unspecified atom stereocenters. The van der Waals surface area contributed by atoms with Gasteiger partial charge in [0.05, 0.1) is 17.2 Å². The van der Waals surface area contributed by atoms with Crippen molar-refractivity contribution in [1.29, 1.82) is 0 Å². The molecule has 244 valence electrons. The van der Waals surface area contributed by atoms with Gasteiger partial charge >= 0.3 is 17.9 Å². The number of benzene rings is 3. The van der Waals surface area contributed by atoms with Crippen LogP contribution in [0.2, 0.25) is 0 Å². The SMILES string of the molecule is CCCCCCCCCC(=O)Oc1ccc(C#Cc2ccc(C(=O)Oc3ccc(C(=O)O[C@@H](C)CCCCCC)cc3)cc2)cc1. The van der Waals surface area contributed by atoms with Crippen molar-refractivity contribution in [2.24, 2.45) is 0 Å². The minimum absolute atomic E-state index is 0.143. The predicted molar refractivity (Wildman–Crippen MR) is 182 cm³/mol. The molecule has 0 aliphatic carbocycles. The molecule has 0 aliphatic heterocycles. The summed E-state index contributed by atoms with van der Waals surface area (Å²) in [4.78, 5) is 37.2. The number of hydrogen-bond acceptors (Lipinski definition) is 6. The summed E-state index contributed by atoms with van der Waals surface area (Å²) in [6.07, 6.45) is 13.8. The summed E-state index contributed by atoms with van der Waals surface area (Å²) >= 11 is 0. The number of ether oxygens (including phenoxy) is 3. The van der Waals surface area contributed by atoms with Gasteiger partial charge in [-0.2, -0.15) is 0 Å². The van der Waals surface area contributed by atoms with Gasteiger partial charge in [-0.05, 0) is 99.0 Å². The van der Waals surface area contributed by atoms with Crippen LogP contribution in [0, 0.1) is 11.8 Å². The maximum absolute atomic E-state index is 12.7. The van der Waals surface area contributed by atoms with Crippen molar-refractivity contribution in [1.82, 2.24) is 0 Å². The van der Waals surface area contributed by atoms with Crippen molar-refractivity contribution in [3.05, 3.63) is 95.1 Å². The van der Waals surface area contributed by atoms with Gasteiger partial charge in [0.25, 0.3) is 0 Å². The van der Waals surface area contributed by atoms with Crippen LogP contribution in [0.4, 0.5) is 0 Å².